The fraction of sp³-hybridized carbons (Fsp3) is 1.00. The van der Waals surface area contributed by atoms with Gasteiger partial charge in [0.25, 0.3) is 0 Å². The lowest BCUT2D eigenvalue weighted by molar-refractivity contribution is 0.167. The molecule has 1 atom stereocenters. The summed E-state index contributed by atoms with van der Waals surface area (Å²) < 4.78 is 12.1. The van der Waals surface area contributed by atoms with E-state index in [0.717, 1.165) is 26.1 Å². The Balaban J connectivity index is 4.18. The molecule has 104 valence electrons. The van der Waals surface area contributed by atoms with E-state index in [0.29, 0.717) is 5.54 Å². The zero-order valence-corrected chi connectivity index (χ0v) is 13.9. The Hall–Kier alpha value is 0.137. The molecule has 0 spiro atoms. The summed E-state index contributed by atoms with van der Waals surface area (Å²) in [5.74, 6) is 0. The number of hydrogen-bond acceptors (Lipinski definition) is 2. The van der Waals surface area contributed by atoms with Gasteiger partial charge in [0.2, 0.25) is 0 Å². The van der Waals surface area contributed by atoms with Gasteiger partial charge in [-0.05, 0) is 18.3 Å². The van der Waals surface area contributed by atoms with E-state index in [2.05, 4.69) is 41.5 Å². The van der Waals surface area contributed by atoms with Crippen LogP contribution in [0.3, 0.4) is 0 Å². The van der Waals surface area contributed by atoms with Crippen molar-refractivity contribution >= 4 is 9.28 Å². The average molecular weight is 260 g/mol. The molecule has 0 fully saturated rings. The molecule has 0 aliphatic rings. The van der Waals surface area contributed by atoms with Crippen molar-refractivity contribution in [2.75, 3.05) is 13.2 Å². The van der Waals surface area contributed by atoms with Gasteiger partial charge in [0, 0.05) is 18.8 Å². The molecule has 0 aliphatic heterocycles. The third-order valence-corrected chi connectivity index (χ3v) is 6.28. The Morgan fingerprint density at radius 1 is 0.941 bits per heavy atom. The monoisotopic (exact) mass is 260 g/mol. The molecular formula is C14H32O2Si. The minimum absolute atomic E-state index is 0.287. The Morgan fingerprint density at radius 3 is 1.65 bits per heavy atom. The second kappa shape index (κ2) is 9.12. The minimum atomic E-state index is -1.52. The van der Waals surface area contributed by atoms with E-state index in [1.165, 1.54) is 12.8 Å². The van der Waals surface area contributed by atoms with E-state index in [1.807, 2.05) is 0 Å². The summed E-state index contributed by atoms with van der Waals surface area (Å²) in [5, 5.41) is 0. The van der Waals surface area contributed by atoms with Gasteiger partial charge in [-0.15, -0.1) is 0 Å². The second-order valence-corrected chi connectivity index (χ2v) is 8.38. The van der Waals surface area contributed by atoms with E-state index < -0.39 is 9.28 Å². The third-order valence-electron chi connectivity index (χ3n) is 3.33. The molecule has 1 unspecified atom stereocenters. The molecule has 0 saturated carbocycles. The van der Waals surface area contributed by atoms with Crippen LogP contribution in [0, 0.1) is 5.41 Å². The predicted molar refractivity (Wildman–Crippen MR) is 77.7 cm³/mol. The molecule has 2 nitrogen and oxygen atoms in total. The van der Waals surface area contributed by atoms with E-state index in [9.17, 15) is 0 Å². The van der Waals surface area contributed by atoms with Crippen LogP contribution in [0.15, 0.2) is 0 Å². The van der Waals surface area contributed by atoms with Crippen LogP contribution in [0.2, 0.25) is 5.54 Å². The van der Waals surface area contributed by atoms with Crippen molar-refractivity contribution in [2.45, 2.75) is 72.8 Å². The van der Waals surface area contributed by atoms with Crippen molar-refractivity contribution in [3.05, 3.63) is 0 Å². The number of hydrogen-bond donors (Lipinski definition) is 0. The van der Waals surface area contributed by atoms with Crippen LogP contribution in [0.25, 0.3) is 0 Å². The number of unbranched alkanes of at least 4 members (excludes halogenated alkanes) is 2. The first-order chi connectivity index (χ1) is 7.93. The fourth-order valence-electron chi connectivity index (χ4n) is 1.43. The van der Waals surface area contributed by atoms with Gasteiger partial charge in [0.15, 0.2) is 0 Å². The van der Waals surface area contributed by atoms with Crippen molar-refractivity contribution in [3.63, 3.8) is 0 Å². The highest BCUT2D eigenvalue weighted by Crippen LogP contribution is 2.34. The Kier molecular flexibility index (Phi) is 9.19. The first-order valence-corrected chi connectivity index (χ1v) is 8.77. The zero-order valence-electron chi connectivity index (χ0n) is 12.7. The minimum Gasteiger partial charge on any atom is -0.396 e. The summed E-state index contributed by atoms with van der Waals surface area (Å²) in [6.45, 7) is 15.3. The summed E-state index contributed by atoms with van der Waals surface area (Å²) in [4.78, 5) is 0. The molecule has 0 saturated heterocycles. The van der Waals surface area contributed by atoms with Gasteiger partial charge in [-0.2, -0.15) is 0 Å². The van der Waals surface area contributed by atoms with Crippen molar-refractivity contribution in [1.29, 1.82) is 0 Å². The van der Waals surface area contributed by atoms with Crippen molar-refractivity contribution in [1.82, 2.24) is 0 Å². The molecule has 0 aromatic heterocycles. The lowest BCUT2D eigenvalue weighted by Crippen LogP contribution is -2.35. The molecule has 0 aromatic carbocycles. The van der Waals surface area contributed by atoms with Crippen LogP contribution in [-0.2, 0) is 8.85 Å². The molecule has 0 heterocycles. The van der Waals surface area contributed by atoms with E-state index in [1.54, 1.807) is 0 Å². The molecule has 0 N–H and O–H groups in total. The summed E-state index contributed by atoms with van der Waals surface area (Å²) in [5.41, 5.74) is 0.839. The average Bonchev–Trinajstić information content (AvgIpc) is 2.25. The largest absolute Gasteiger partial charge is 0.396 e. The van der Waals surface area contributed by atoms with Crippen LogP contribution >= 0.6 is 0 Å². The molecule has 0 aliphatic carbocycles. The zero-order chi connectivity index (χ0) is 13.3. The first-order valence-electron chi connectivity index (χ1n) is 7.16. The van der Waals surface area contributed by atoms with Crippen molar-refractivity contribution in [2.24, 2.45) is 5.41 Å². The van der Waals surface area contributed by atoms with Gasteiger partial charge < -0.3 is 8.85 Å². The van der Waals surface area contributed by atoms with Gasteiger partial charge >= 0.3 is 9.28 Å². The van der Waals surface area contributed by atoms with Gasteiger partial charge in [0.05, 0.1) is 0 Å². The van der Waals surface area contributed by atoms with Crippen LogP contribution in [0.4, 0.5) is 0 Å². The normalized spacial score (nSPS) is 14.3. The Morgan fingerprint density at radius 2 is 1.35 bits per heavy atom. The van der Waals surface area contributed by atoms with E-state index in [-0.39, 0.29) is 5.41 Å². The summed E-state index contributed by atoms with van der Waals surface area (Å²) in [7, 11) is -1.52. The summed E-state index contributed by atoms with van der Waals surface area (Å²) in [6.07, 6.45) is 4.69. The highest BCUT2D eigenvalue weighted by atomic mass is 28.3. The van der Waals surface area contributed by atoms with Gasteiger partial charge in [-0.25, -0.2) is 0 Å². The van der Waals surface area contributed by atoms with Crippen LogP contribution in [0.1, 0.15) is 67.2 Å². The lowest BCUT2D eigenvalue weighted by Gasteiger charge is -2.32. The molecule has 0 rings (SSSR count). The van der Waals surface area contributed by atoms with Gasteiger partial charge in [-0.3, -0.25) is 0 Å². The Labute approximate surface area is 110 Å². The standard InChI is InChI=1S/C14H32O2Si/c1-7-9-11-15-17(16-12-10-8-2)13(3)14(4,5)6/h13,17H,7-12H2,1-6H3. The lowest BCUT2D eigenvalue weighted by atomic mass is 9.93. The van der Waals surface area contributed by atoms with Gasteiger partial charge in [-0.1, -0.05) is 54.4 Å². The molecule has 0 radical (unpaired) electrons. The maximum Gasteiger partial charge on any atom is 0.324 e. The van der Waals surface area contributed by atoms with Crippen molar-refractivity contribution in [3.8, 4) is 0 Å². The smallest absolute Gasteiger partial charge is 0.324 e. The fourth-order valence-corrected chi connectivity index (χ4v) is 3.72. The van der Waals surface area contributed by atoms with E-state index in [4.69, 9.17) is 8.85 Å². The second-order valence-electron chi connectivity index (χ2n) is 5.97. The van der Waals surface area contributed by atoms with Crippen molar-refractivity contribution < 1.29 is 8.85 Å². The Bertz CT molecular complexity index is 168. The maximum atomic E-state index is 6.03. The molecule has 0 amide bonds. The maximum absolute atomic E-state index is 6.03. The predicted octanol–water partition coefficient (Wildman–Crippen LogP) is 4.28. The van der Waals surface area contributed by atoms with Gasteiger partial charge in [0.1, 0.15) is 0 Å². The van der Waals surface area contributed by atoms with E-state index >= 15 is 0 Å². The first kappa shape index (κ1) is 17.1. The van der Waals surface area contributed by atoms with Crippen LogP contribution in [-0.4, -0.2) is 22.5 Å². The number of rotatable bonds is 9. The van der Waals surface area contributed by atoms with Crippen LogP contribution in [0.5, 0.6) is 0 Å². The topological polar surface area (TPSA) is 18.5 Å². The third kappa shape index (κ3) is 7.95. The molecule has 3 heteroatoms. The van der Waals surface area contributed by atoms with Crippen LogP contribution < -0.4 is 0 Å². The SMILES string of the molecule is CCCCO[SiH](OCCCC)C(C)C(C)(C)C. The summed E-state index contributed by atoms with van der Waals surface area (Å²) >= 11 is 0. The highest BCUT2D eigenvalue weighted by molar-refractivity contribution is 6.46. The molecule has 0 aromatic rings. The highest BCUT2D eigenvalue weighted by Gasteiger charge is 2.32. The molecule has 17 heavy (non-hydrogen) atoms. The molecule has 0 bridgehead atoms. The quantitative estimate of drug-likeness (QED) is 0.455. The summed E-state index contributed by atoms with van der Waals surface area (Å²) in [6, 6.07) is 0. The molecular weight excluding hydrogens is 228 g/mol.